The van der Waals surface area contributed by atoms with Gasteiger partial charge >= 0.3 is 6.03 Å². The number of guanidine groups is 1. The Kier molecular flexibility index (Phi) is 8.14. The van der Waals surface area contributed by atoms with Gasteiger partial charge in [-0.05, 0) is 39.5 Å². The van der Waals surface area contributed by atoms with Crippen LogP contribution in [-0.2, 0) is 9.53 Å². The van der Waals surface area contributed by atoms with Gasteiger partial charge in [0, 0.05) is 46.3 Å². The van der Waals surface area contributed by atoms with Gasteiger partial charge in [0.05, 0.1) is 12.2 Å². The molecular weight excluding hydrogens is 487 g/mol. The maximum atomic E-state index is 12.2. The number of nitrogens with zero attached hydrogens (tertiary/aromatic N) is 3. The van der Waals surface area contributed by atoms with E-state index in [1.165, 1.54) is 0 Å². The highest BCUT2D eigenvalue weighted by atomic mass is 127. The van der Waals surface area contributed by atoms with Gasteiger partial charge in [0.1, 0.15) is 5.54 Å². The number of carbonyl (C=O) groups excluding carboxylic acids is 2. The Morgan fingerprint density at radius 2 is 1.93 bits per heavy atom. The maximum absolute atomic E-state index is 12.2. The maximum Gasteiger partial charge on any atom is 0.322 e. The van der Waals surface area contributed by atoms with Crippen molar-refractivity contribution in [3.05, 3.63) is 0 Å². The Balaban J connectivity index is 0.00000300. The number of aliphatic imine (C=N–C) groups is 1. The zero-order chi connectivity index (χ0) is 20.4. The van der Waals surface area contributed by atoms with Crippen molar-refractivity contribution in [2.24, 2.45) is 10.9 Å². The summed E-state index contributed by atoms with van der Waals surface area (Å²) in [4.78, 5) is 32.8. The van der Waals surface area contributed by atoms with E-state index in [9.17, 15) is 9.59 Å². The largest absolute Gasteiger partial charge is 0.373 e. The Bertz CT molecular complexity index is 635. The third kappa shape index (κ3) is 5.72. The molecular formula is C19H35IN6O3. The molecule has 0 radical (unpaired) electrons. The number of nitrogens with one attached hydrogen (secondary N) is 3. The SMILES string of the molecule is CN=C(NCCN1CCOC(C)(C)C1)N1CCC(C2(C)NC(=O)NC2=O)CC1.I. The highest BCUT2D eigenvalue weighted by Crippen LogP contribution is 2.30. The first-order valence-electron chi connectivity index (χ1n) is 10.2. The van der Waals surface area contributed by atoms with E-state index in [1.54, 1.807) is 7.05 Å². The standard InChI is InChI=1S/C19H34N6O3.HI/c1-18(2)13-24(11-12-28-18)10-7-21-16(20-4)25-8-5-14(6-9-25)19(3)15(26)22-17(27)23-19;/h14H,5-13H2,1-4H3,(H,20,21)(H2,22,23,26,27);1H. The first-order chi connectivity index (χ1) is 13.2. The number of likely N-dealkylation sites (tertiary alicyclic amines) is 1. The van der Waals surface area contributed by atoms with Gasteiger partial charge in [-0.15, -0.1) is 24.0 Å². The van der Waals surface area contributed by atoms with Crippen LogP contribution < -0.4 is 16.0 Å². The van der Waals surface area contributed by atoms with Crippen LogP contribution >= 0.6 is 24.0 Å². The number of amides is 3. The van der Waals surface area contributed by atoms with Gasteiger partial charge < -0.3 is 20.3 Å². The summed E-state index contributed by atoms with van der Waals surface area (Å²) in [5, 5.41) is 8.64. The topological polar surface area (TPSA) is 98.3 Å². The normalized spacial score (nSPS) is 28.6. The lowest BCUT2D eigenvalue weighted by Crippen LogP contribution is -2.56. The zero-order valence-electron chi connectivity index (χ0n) is 17.9. The molecule has 3 amide bonds. The minimum atomic E-state index is -0.802. The van der Waals surface area contributed by atoms with Crippen LogP contribution in [0.5, 0.6) is 0 Å². The van der Waals surface area contributed by atoms with E-state index in [2.05, 4.69) is 44.6 Å². The lowest BCUT2D eigenvalue weighted by molar-refractivity contribution is -0.125. The number of rotatable bonds is 4. The molecule has 1 atom stereocenters. The van der Waals surface area contributed by atoms with Gasteiger partial charge in [0.25, 0.3) is 5.91 Å². The molecule has 0 bridgehead atoms. The summed E-state index contributed by atoms with van der Waals surface area (Å²) in [7, 11) is 1.80. The summed E-state index contributed by atoms with van der Waals surface area (Å²) in [5.74, 6) is 0.812. The molecule has 3 fully saturated rings. The Hall–Kier alpha value is -1.14. The van der Waals surface area contributed by atoms with Crippen molar-refractivity contribution in [2.75, 3.05) is 52.9 Å². The van der Waals surface area contributed by atoms with Gasteiger partial charge in [-0.1, -0.05) is 0 Å². The van der Waals surface area contributed by atoms with Crippen LogP contribution in [0.15, 0.2) is 4.99 Å². The van der Waals surface area contributed by atoms with Gasteiger partial charge in [-0.3, -0.25) is 20.0 Å². The van der Waals surface area contributed by atoms with E-state index in [0.29, 0.717) is 0 Å². The molecule has 29 heavy (non-hydrogen) atoms. The van der Waals surface area contributed by atoms with Crippen molar-refractivity contribution < 1.29 is 14.3 Å². The lowest BCUT2D eigenvalue weighted by atomic mass is 9.79. The molecule has 3 aliphatic rings. The summed E-state index contributed by atoms with van der Waals surface area (Å²) >= 11 is 0. The number of halogens is 1. The first kappa shape index (κ1) is 24.1. The van der Waals surface area contributed by atoms with Crippen LogP contribution in [0.1, 0.15) is 33.6 Å². The van der Waals surface area contributed by atoms with E-state index in [0.717, 1.165) is 64.7 Å². The van der Waals surface area contributed by atoms with Crippen molar-refractivity contribution in [1.82, 2.24) is 25.8 Å². The minimum Gasteiger partial charge on any atom is -0.373 e. The molecule has 1 unspecified atom stereocenters. The molecule has 10 heteroatoms. The quantitative estimate of drug-likeness (QED) is 0.217. The molecule has 3 heterocycles. The number of hydrogen-bond acceptors (Lipinski definition) is 5. The van der Waals surface area contributed by atoms with E-state index in [-0.39, 0.29) is 41.4 Å². The highest BCUT2D eigenvalue weighted by Gasteiger charge is 2.48. The van der Waals surface area contributed by atoms with E-state index >= 15 is 0 Å². The number of ether oxygens (including phenoxy) is 1. The molecule has 0 saturated carbocycles. The predicted octanol–water partition coefficient (Wildman–Crippen LogP) is 0.601. The number of piperidine rings is 1. The molecule has 0 spiro atoms. The van der Waals surface area contributed by atoms with Crippen LogP contribution in [0, 0.1) is 5.92 Å². The highest BCUT2D eigenvalue weighted by molar-refractivity contribution is 14.0. The second-order valence-corrected chi connectivity index (χ2v) is 8.73. The number of morpholine rings is 1. The molecule has 0 aliphatic carbocycles. The Labute approximate surface area is 190 Å². The molecule has 9 nitrogen and oxygen atoms in total. The average molecular weight is 522 g/mol. The van der Waals surface area contributed by atoms with E-state index in [4.69, 9.17) is 4.74 Å². The smallest absolute Gasteiger partial charge is 0.322 e. The molecule has 0 aromatic rings. The number of urea groups is 1. The fourth-order valence-corrected chi connectivity index (χ4v) is 4.48. The second kappa shape index (κ2) is 9.78. The fraction of sp³-hybridized carbons (Fsp3) is 0.842. The molecule has 0 aromatic heterocycles. The third-order valence-electron chi connectivity index (χ3n) is 6.11. The summed E-state index contributed by atoms with van der Waals surface area (Å²) < 4.78 is 5.77. The minimum absolute atomic E-state index is 0. The average Bonchev–Trinajstić information content (AvgIpc) is 2.91. The van der Waals surface area contributed by atoms with Crippen molar-refractivity contribution in [2.45, 2.75) is 44.8 Å². The monoisotopic (exact) mass is 522 g/mol. The summed E-state index contributed by atoms with van der Waals surface area (Å²) in [6, 6.07) is -0.390. The van der Waals surface area contributed by atoms with Gasteiger partial charge in [-0.25, -0.2) is 4.79 Å². The predicted molar refractivity (Wildman–Crippen MR) is 123 cm³/mol. The molecule has 3 rings (SSSR count). The Morgan fingerprint density at radius 1 is 1.24 bits per heavy atom. The van der Waals surface area contributed by atoms with Crippen LogP contribution in [0.2, 0.25) is 0 Å². The zero-order valence-corrected chi connectivity index (χ0v) is 20.2. The van der Waals surface area contributed by atoms with Crippen molar-refractivity contribution >= 4 is 41.9 Å². The number of carbonyl (C=O) groups is 2. The summed E-state index contributed by atoms with van der Waals surface area (Å²) in [5.41, 5.74) is -0.886. The van der Waals surface area contributed by atoms with E-state index in [1.807, 2.05) is 6.92 Å². The van der Waals surface area contributed by atoms with Gasteiger partial charge in [0.15, 0.2) is 5.96 Å². The second-order valence-electron chi connectivity index (χ2n) is 8.73. The Morgan fingerprint density at radius 3 is 2.48 bits per heavy atom. The van der Waals surface area contributed by atoms with Crippen molar-refractivity contribution in [3.63, 3.8) is 0 Å². The number of hydrogen-bond donors (Lipinski definition) is 3. The molecule has 3 N–H and O–H groups in total. The van der Waals surface area contributed by atoms with Gasteiger partial charge in [-0.2, -0.15) is 0 Å². The number of imide groups is 1. The van der Waals surface area contributed by atoms with Crippen LogP contribution in [-0.4, -0.2) is 91.8 Å². The lowest BCUT2D eigenvalue weighted by Gasteiger charge is -2.40. The van der Waals surface area contributed by atoms with Crippen molar-refractivity contribution in [3.8, 4) is 0 Å². The molecule has 3 aliphatic heterocycles. The third-order valence-corrected chi connectivity index (χ3v) is 6.11. The molecule has 166 valence electrons. The summed E-state index contributed by atoms with van der Waals surface area (Å²) in [6.07, 6.45) is 1.67. The van der Waals surface area contributed by atoms with Crippen molar-refractivity contribution in [1.29, 1.82) is 0 Å². The van der Waals surface area contributed by atoms with Gasteiger partial charge in [0.2, 0.25) is 0 Å². The van der Waals surface area contributed by atoms with Crippen LogP contribution in [0.4, 0.5) is 4.79 Å². The fourth-order valence-electron chi connectivity index (χ4n) is 4.48. The first-order valence-corrected chi connectivity index (χ1v) is 10.2. The summed E-state index contributed by atoms with van der Waals surface area (Å²) in [6.45, 7) is 12.2. The van der Waals surface area contributed by atoms with E-state index < -0.39 is 11.6 Å². The van der Waals surface area contributed by atoms with Crippen LogP contribution in [0.3, 0.4) is 0 Å². The van der Waals surface area contributed by atoms with Crippen LogP contribution in [0.25, 0.3) is 0 Å². The molecule has 3 saturated heterocycles. The molecule has 0 aromatic carbocycles.